The van der Waals surface area contributed by atoms with Crippen LogP contribution >= 0.6 is 0 Å². The van der Waals surface area contributed by atoms with Crippen LogP contribution in [-0.4, -0.2) is 57.1 Å². The lowest BCUT2D eigenvalue weighted by molar-refractivity contribution is -0.173. The molecule has 1 amide bonds. The van der Waals surface area contributed by atoms with E-state index >= 15 is 0 Å². The van der Waals surface area contributed by atoms with Gasteiger partial charge in [0.05, 0.1) is 29.9 Å². The summed E-state index contributed by atoms with van der Waals surface area (Å²) >= 11 is 0. The van der Waals surface area contributed by atoms with Crippen molar-refractivity contribution in [1.29, 1.82) is 0 Å². The Morgan fingerprint density at radius 2 is 2.05 bits per heavy atom. The summed E-state index contributed by atoms with van der Waals surface area (Å²) in [7, 11) is 0. The van der Waals surface area contributed by atoms with E-state index < -0.39 is 47.7 Å². The Balaban J connectivity index is 2.46. The molecule has 0 bridgehead atoms. The van der Waals surface area contributed by atoms with Gasteiger partial charge in [-0.25, -0.2) is 4.79 Å². The lowest BCUT2D eigenvalue weighted by atomic mass is 9.71. The second-order valence-corrected chi connectivity index (χ2v) is 6.42. The van der Waals surface area contributed by atoms with Gasteiger partial charge < -0.3 is 31.1 Å². The molecule has 0 aromatic carbocycles. The normalized spacial score (nSPS) is 35.5. The molecular formula is C14H22N2O6. The van der Waals surface area contributed by atoms with E-state index in [1.165, 1.54) is 6.92 Å². The molecule has 1 saturated heterocycles. The number of nitrogens with two attached hydrogens (primary N) is 1. The summed E-state index contributed by atoms with van der Waals surface area (Å²) in [6.07, 6.45) is -2.78. The molecule has 1 heterocycles. The number of aliphatic hydroxyl groups excluding tert-OH is 3. The van der Waals surface area contributed by atoms with Gasteiger partial charge in [0.2, 0.25) is 5.91 Å². The van der Waals surface area contributed by atoms with Crippen molar-refractivity contribution < 1.29 is 29.6 Å². The molecule has 2 aliphatic rings. The molecular weight excluding hydrogens is 292 g/mol. The zero-order chi connectivity index (χ0) is 16.8. The molecule has 0 spiro atoms. The number of amides is 1. The highest BCUT2D eigenvalue weighted by Crippen LogP contribution is 2.41. The second kappa shape index (κ2) is 5.53. The topological polar surface area (TPSA) is 142 Å². The van der Waals surface area contributed by atoms with E-state index in [-0.39, 0.29) is 17.8 Å². The van der Waals surface area contributed by atoms with Crippen molar-refractivity contribution in [1.82, 2.24) is 5.32 Å². The van der Waals surface area contributed by atoms with Crippen LogP contribution in [0.15, 0.2) is 11.3 Å². The van der Waals surface area contributed by atoms with Crippen LogP contribution in [0.25, 0.3) is 0 Å². The van der Waals surface area contributed by atoms with Crippen LogP contribution in [0.5, 0.6) is 0 Å². The third kappa shape index (κ3) is 2.69. The maximum atomic E-state index is 12.1. The highest BCUT2D eigenvalue weighted by Gasteiger charge is 2.55. The Morgan fingerprint density at radius 3 is 2.59 bits per heavy atom. The molecule has 0 aromatic heterocycles. The number of cyclic esters (lactones) is 1. The molecule has 0 radical (unpaired) electrons. The Labute approximate surface area is 127 Å². The third-order valence-electron chi connectivity index (χ3n) is 4.20. The smallest absolute Gasteiger partial charge is 0.338 e. The van der Waals surface area contributed by atoms with Gasteiger partial charge in [-0.3, -0.25) is 4.79 Å². The van der Waals surface area contributed by atoms with E-state index in [1.54, 1.807) is 13.8 Å². The number of esters is 1. The van der Waals surface area contributed by atoms with Crippen molar-refractivity contribution in [3.8, 4) is 0 Å². The summed E-state index contributed by atoms with van der Waals surface area (Å²) < 4.78 is 5.29. The number of hydrogen-bond donors (Lipinski definition) is 5. The summed E-state index contributed by atoms with van der Waals surface area (Å²) in [6.45, 7) is 4.66. The zero-order valence-corrected chi connectivity index (χ0v) is 12.7. The van der Waals surface area contributed by atoms with E-state index in [0.29, 0.717) is 0 Å². The summed E-state index contributed by atoms with van der Waals surface area (Å²) in [6, 6.07) is -1.62. The fourth-order valence-corrected chi connectivity index (χ4v) is 2.99. The molecule has 124 valence electrons. The van der Waals surface area contributed by atoms with Gasteiger partial charge in [-0.15, -0.1) is 0 Å². The highest BCUT2D eigenvalue weighted by molar-refractivity contribution is 5.92. The molecule has 2 rings (SSSR count). The third-order valence-corrected chi connectivity index (χ3v) is 4.20. The van der Waals surface area contributed by atoms with E-state index in [1.807, 2.05) is 0 Å². The second-order valence-electron chi connectivity index (χ2n) is 6.42. The van der Waals surface area contributed by atoms with Crippen LogP contribution in [0.1, 0.15) is 27.2 Å². The van der Waals surface area contributed by atoms with Gasteiger partial charge in [0.25, 0.3) is 0 Å². The lowest BCUT2D eigenvalue weighted by Crippen LogP contribution is -2.65. The summed E-state index contributed by atoms with van der Waals surface area (Å²) in [5.41, 5.74) is 4.30. The van der Waals surface area contributed by atoms with Gasteiger partial charge in [-0.2, -0.15) is 0 Å². The minimum Gasteiger partial charge on any atom is -0.512 e. The lowest BCUT2D eigenvalue weighted by Gasteiger charge is -2.48. The molecule has 6 N–H and O–H groups in total. The first-order chi connectivity index (χ1) is 10.1. The number of nitrogens with one attached hydrogen (secondary N) is 1. The minimum absolute atomic E-state index is 0.105. The maximum Gasteiger partial charge on any atom is 0.338 e. The van der Waals surface area contributed by atoms with Crippen LogP contribution in [0.2, 0.25) is 0 Å². The van der Waals surface area contributed by atoms with Gasteiger partial charge in [0, 0.05) is 12.3 Å². The van der Waals surface area contributed by atoms with Crippen LogP contribution in [0.3, 0.4) is 0 Å². The molecule has 1 aliphatic heterocycles. The molecule has 8 nitrogen and oxygen atoms in total. The van der Waals surface area contributed by atoms with E-state index in [4.69, 9.17) is 10.5 Å². The molecule has 0 saturated carbocycles. The molecule has 1 fully saturated rings. The predicted octanol–water partition coefficient (Wildman–Crippen LogP) is -1.29. The molecule has 1 aliphatic carbocycles. The van der Waals surface area contributed by atoms with Crippen molar-refractivity contribution in [2.24, 2.45) is 11.7 Å². The fourth-order valence-electron chi connectivity index (χ4n) is 2.99. The summed E-state index contributed by atoms with van der Waals surface area (Å²) in [5, 5.41) is 32.8. The molecule has 22 heavy (non-hydrogen) atoms. The SMILES string of the molecule is C[C@H](N)C(=O)N[C@@H]1[C@H]2C(=C(O)C[C@@H](O)[C@@H]2O)C(=O)OC1(C)C. The fraction of sp³-hybridized carbons (Fsp3) is 0.714. The van der Waals surface area contributed by atoms with Gasteiger partial charge >= 0.3 is 5.97 Å². The molecule has 0 aromatic rings. The van der Waals surface area contributed by atoms with Crippen molar-refractivity contribution in [2.45, 2.75) is 57.1 Å². The van der Waals surface area contributed by atoms with Crippen LogP contribution < -0.4 is 11.1 Å². The Kier molecular flexibility index (Phi) is 4.20. The summed E-state index contributed by atoms with van der Waals surface area (Å²) in [5.74, 6) is -2.54. The van der Waals surface area contributed by atoms with Crippen molar-refractivity contribution in [2.75, 3.05) is 0 Å². The van der Waals surface area contributed by atoms with Gasteiger partial charge in [0.1, 0.15) is 11.4 Å². The molecule has 0 unspecified atom stereocenters. The first-order valence-electron chi connectivity index (χ1n) is 7.13. The quantitative estimate of drug-likeness (QED) is 0.399. The number of rotatable bonds is 2. The molecule has 5 atom stereocenters. The number of hydrogen-bond acceptors (Lipinski definition) is 7. The van der Waals surface area contributed by atoms with E-state index in [2.05, 4.69) is 5.32 Å². The monoisotopic (exact) mass is 314 g/mol. The van der Waals surface area contributed by atoms with Gasteiger partial charge in [-0.1, -0.05) is 0 Å². The van der Waals surface area contributed by atoms with Crippen molar-refractivity contribution >= 4 is 11.9 Å². The zero-order valence-electron chi connectivity index (χ0n) is 12.7. The number of ether oxygens (including phenoxy) is 1. The number of carbonyl (C=O) groups excluding carboxylic acids is 2. The Hall–Kier alpha value is -1.64. The van der Waals surface area contributed by atoms with Crippen molar-refractivity contribution in [3.05, 3.63) is 11.3 Å². The highest BCUT2D eigenvalue weighted by atomic mass is 16.6. The average Bonchev–Trinajstić information content (AvgIpc) is 2.37. The van der Waals surface area contributed by atoms with Crippen molar-refractivity contribution in [3.63, 3.8) is 0 Å². The first-order valence-corrected chi connectivity index (χ1v) is 7.13. The number of carbonyl (C=O) groups is 2. The van der Waals surface area contributed by atoms with Gasteiger partial charge in [0.15, 0.2) is 0 Å². The summed E-state index contributed by atoms with van der Waals surface area (Å²) in [4.78, 5) is 24.0. The maximum absolute atomic E-state index is 12.1. The Morgan fingerprint density at radius 1 is 1.45 bits per heavy atom. The first kappa shape index (κ1) is 16.7. The predicted molar refractivity (Wildman–Crippen MR) is 75.5 cm³/mol. The average molecular weight is 314 g/mol. The largest absolute Gasteiger partial charge is 0.512 e. The van der Waals surface area contributed by atoms with Crippen LogP contribution in [0.4, 0.5) is 0 Å². The van der Waals surface area contributed by atoms with E-state index in [9.17, 15) is 24.9 Å². The van der Waals surface area contributed by atoms with E-state index in [0.717, 1.165) is 0 Å². The Bertz CT molecular complexity index is 527. The minimum atomic E-state index is -1.31. The number of aliphatic hydroxyl groups is 3. The van der Waals surface area contributed by atoms with Crippen LogP contribution in [0, 0.1) is 5.92 Å². The number of fused-ring (bicyclic) bond motifs is 1. The van der Waals surface area contributed by atoms with Crippen LogP contribution in [-0.2, 0) is 14.3 Å². The molecule has 8 heteroatoms. The van der Waals surface area contributed by atoms with Gasteiger partial charge in [-0.05, 0) is 20.8 Å². The standard InChI is InChI=1S/C14H22N2O6/c1-5(15)12(20)16-11-9-8(13(21)22-14(11,2)3)6(17)4-7(18)10(9)19/h5,7,9-11,17-19H,4,15H2,1-3H3,(H,16,20)/t5-,7+,9-,10-,11+/m0/s1.